The molecule has 1 aliphatic heterocycles. The highest BCUT2D eigenvalue weighted by molar-refractivity contribution is 7.10. The standard InChI is InChI=1S/C11H14O2S/c1-7-3-4-10(13-7)11(12)9-5-8(2)14-6-9/h5-7,10H,3-4H2,1-2H3. The van der Waals surface area contributed by atoms with Gasteiger partial charge in [0, 0.05) is 15.8 Å². The van der Waals surface area contributed by atoms with Crippen LogP contribution in [0.3, 0.4) is 0 Å². The molecule has 2 heterocycles. The molecule has 0 bridgehead atoms. The molecule has 0 aliphatic carbocycles. The van der Waals surface area contributed by atoms with Gasteiger partial charge in [-0.25, -0.2) is 0 Å². The predicted octanol–water partition coefficient (Wildman–Crippen LogP) is 2.81. The van der Waals surface area contributed by atoms with Crippen molar-refractivity contribution in [1.29, 1.82) is 0 Å². The largest absolute Gasteiger partial charge is 0.367 e. The first kappa shape index (κ1) is 9.87. The zero-order chi connectivity index (χ0) is 10.1. The zero-order valence-electron chi connectivity index (χ0n) is 8.45. The van der Waals surface area contributed by atoms with Crippen LogP contribution in [0, 0.1) is 6.92 Å². The molecule has 1 fully saturated rings. The fourth-order valence-corrected chi connectivity index (χ4v) is 2.45. The molecule has 2 unspecified atom stereocenters. The van der Waals surface area contributed by atoms with E-state index < -0.39 is 0 Å². The van der Waals surface area contributed by atoms with Gasteiger partial charge < -0.3 is 4.74 Å². The fourth-order valence-electron chi connectivity index (χ4n) is 1.75. The molecule has 0 radical (unpaired) electrons. The third kappa shape index (κ3) is 1.88. The van der Waals surface area contributed by atoms with E-state index in [9.17, 15) is 4.79 Å². The number of carbonyl (C=O) groups excluding carboxylic acids is 1. The second-order valence-corrected chi connectivity index (χ2v) is 4.94. The Morgan fingerprint density at radius 3 is 2.86 bits per heavy atom. The highest BCUT2D eigenvalue weighted by Crippen LogP contribution is 2.24. The highest BCUT2D eigenvalue weighted by atomic mass is 32.1. The number of carbonyl (C=O) groups is 1. The van der Waals surface area contributed by atoms with Crippen LogP contribution in [0.1, 0.15) is 35.0 Å². The molecule has 0 aromatic carbocycles. The number of ketones is 1. The summed E-state index contributed by atoms with van der Waals surface area (Å²) in [4.78, 5) is 13.1. The van der Waals surface area contributed by atoms with Gasteiger partial charge in [-0.15, -0.1) is 11.3 Å². The topological polar surface area (TPSA) is 26.3 Å². The van der Waals surface area contributed by atoms with Gasteiger partial charge in [-0.3, -0.25) is 4.79 Å². The van der Waals surface area contributed by atoms with Crippen LogP contribution < -0.4 is 0 Å². The van der Waals surface area contributed by atoms with E-state index in [0.717, 1.165) is 18.4 Å². The molecule has 0 N–H and O–H groups in total. The lowest BCUT2D eigenvalue weighted by Crippen LogP contribution is -2.20. The predicted molar refractivity (Wildman–Crippen MR) is 57.0 cm³/mol. The van der Waals surface area contributed by atoms with Gasteiger partial charge in [0.15, 0.2) is 5.78 Å². The molecule has 1 aromatic heterocycles. The van der Waals surface area contributed by atoms with E-state index in [0.29, 0.717) is 0 Å². The second kappa shape index (κ2) is 3.83. The molecule has 1 aliphatic rings. The zero-order valence-corrected chi connectivity index (χ0v) is 9.26. The van der Waals surface area contributed by atoms with Crippen molar-refractivity contribution in [3.05, 3.63) is 21.9 Å². The van der Waals surface area contributed by atoms with Gasteiger partial charge in [0.1, 0.15) is 6.10 Å². The van der Waals surface area contributed by atoms with E-state index >= 15 is 0 Å². The Bertz CT molecular complexity index is 343. The maximum Gasteiger partial charge on any atom is 0.192 e. The molecule has 3 heteroatoms. The van der Waals surface area contributed by atoms with E-state index in [-0.39, 0.29) is 18.0 Å². The van der Waals surface area contributed by atoms with E-state index in [4.69, 9.17) is 4.74 Å². The summed E-state index contributed by atoms with van der Waals surface area (Å²) >= 11 is 1.62. The summed E-state index contributed by atoms with van der Waals surface area (Å²) in [5.41, 5.74) is 0.812. The molecule has 0 spiro atoms. The minimum absolute atomic E-state index is 0.152. The van der Waals surface area contributed by atoms with Crippen molar-refractivity contribution in [3.63, 3.8) is 0 Å². The Kier molecular flexibility index (Phi) is 2.70. The number of rotatable bonds is 2. The molecule has 2 atom stereocenters. The van der Waals surface area contributed by atoms with Gasteiger partial charge in [-0.1, -0.05) is 0 Å². The van der Waals surface area contributed by atoms with Crippen LogP contribution >= 0.6 is 11.3 Å². The van der Waals surface area contributed by atoms with Crippen LogP contribution in [-0.4, -0.2) is 18.0 Å². The maximum atomic E-state index is 11.9. The summed E-state index contributed by atoms with van der Waals surface area (Å²) in [7, 11) is 0. The molecule has 14 heavy (non-hydrogen) atoms. The monoisotopic (exact) mass is 210 g/mol. The van der Waals surface area contributed by atoms with Gasteiger partial charge in [0.25, 0.3) is 0 Å². The fraction of sp³-hybridized carbons (Fsp3) is 0.545. The van der Waals surface area contributed by atoms with Crippen LogP contribution in [0.15, 0.2) is 11.4 Å². The lowest BCUT2D eigenvalue weighted by Gasteiger charge is -2.08. The van der Waals surface area contributed by atoms with Gasteiger partial charge in [0.05, 0.1) is 6.10 Å². The van der Waals surface area contributed by atoms with Crippen molar-refractivity contribution in [2.24, 2.45) is 0 Å². The smallest absolute Gasteiger partial charge is 0.192 e. The summed E-state index contributed by atoms with van der Waals surface area (Å²) in [6, 6.07) is 1.94. The lowest BCUT2D eigenvalue weighted by molar-refractivity contribution is 0.0434. The first-order chi connectivity index (χ1) is 6.66. The highest BCUT2D eigenvalue weighted by Gasteiger charge is 2.29. The van der Waals surface area contributed by atoms with Crippen molar-refractivity contribution >= 4 is 17.1 Å². The quantitative estimate of drug-likeness (QED) is 0.702. The summed E-state index contributed by atoms with van der Waals surface area (Å²) < 4.78 is 5.54. The van der Waals surface area contributed by atoms with Gasteiger partial charge >= 0.3 is 0 Å². The summed E-state index contributed by atoms with van der Waals surface area (Å²) in [5, 5.41) is 1.92. The number of ether oxygens (including phenoxy) is 1. The molecule has 76 valence electrons. The molecular weight excluding hydrogens is 196 g/mol. The summed E-state index contributed by atoms with van der Waals surface area (Å²) in [5.74, 6) is 0.152. The van der Waals surface area contributed by atoms with E-state index in [2.05, 4.69) is 0 Å². The van der Waals surface area contributed by atoms with E-state index in [1.54, 1.807) is 11.3 Å². The molecule has 1 saturated heterocycles. The molecule has 0 amide bonds. The van der Waals surface area contributed by atoms with Crippen LogP contribution in [0.4, 0.5) is 0 Å². The number of hydrogen-bond acceptors (Lipinski definition) is 3. The van der Waals surface area contributed by atoms with Crippen molar-refractivity contribution in [2.75, 3.05) is 0 Å². The Labute approximate surface area is 87.9 Å². The lowest BCUT2D eigenvalue weighted by atomic mass is 10.1. The number of hydrogen-bond donors (Lipinski definition) is 0. The minimum Gasteiger partial charge on any atom is -0.367 e. The SMILES string of the molecule is Cc1cc(C(=O)C2CCC(C)O2)cs1. The molecule has 1 aromatic rings. The Hall–Kier alpha value is -0.670. The normalized spacial score (nSPS) is 26.7. The maximum absolute atomic E-state index is 11.9. The first-order valence-corrected chi connectivity index (χ1v) is 5.79. The van der Waals surface area contributed by atoms with Gasteiger partial charge in [-0.05, 0) is 32.8 Å². The molecular formula is C11H14O2S. The van der Waals surface area contributed by atoms with Crippen molar-refractivity contribution in [2.45, 2.75) is 38.9 Å². The average Bonchev–Trinajstić information content (AvgIpc) is 2.73. The van der Waals surface area contributed by atoms with E-state index in [1.165, 1.54) is 4.88 Å². The second-order valence-electron chi connectivity index (χ2n) is 3.82. The Morgan fingerprint density at radius 2 is 2.36 bits per heavy atom. The number of aryl methyl sites for hydroxylation is 1. The number of thiophene rings is 1. The first-order valence-electron chi connectivity index (χ1n) is 4.91. The summed E-state index contributed by atoms with van der Waals surface area (Å²) in [6.07, 6.45) is 1.91. The van der Waals surface area contributed by atoms with Crippen LogP contribution in [0.2, 0.25) is 0 Å². The van der Waals surface area contributed by atoms with Crippen molar-refractivity contribution in [3.8, 4) is 0 Å². The molecule has 2 rings (SSSR count). The van der Waals surface area contributed by atoms with E-state index in [1.807, 2.05) is 25.3 Å². The molecule has 0 saturated carbocycles. The Morgan fingerprint density at radius 1 is 1.57 bits per heavy atom. The van der Waals surface area contributed by atoms with Gasteiger partial charge in [0.2, 0.25) is 0 Å². The van der Waals surface area contributed by atoms with Crippen molar-refractivity contribution in [1.82, 2.24) is 0 Å². The third-order valence-electron chi connectivity index (χ3n) is 2.54. The van der Waals surface area contributed by atoms with Gasteiger partial charge in [-0.2, -0.15) is 0 Å². The van der Waals surface area contributed by atoms with Crippen LogP contribution in [-0.2, 0) is 4.74 Å². The van der Waals surface area contributed by atoms with Crippen molar-refractivity contribution < 1.29 is 9.53 Å². The average molecular weight is 210 g/mol. The number of Topliss-reactive ketones (excluding diaryl/α,β-unsaturated/α-hetero) is 1. The molecule has 2 nitrogen and oxygen atoms in total. The minimum atomic E-state index is -0.195. The Balaban J connectivity index is 2.09. The van der Waals surface area contributed by atoms with Crippen LogP contribution in [0.25, 0.3) is 0 Å². The third-order valence-corrected chi connectivity index (χ3v) is 3.40. The summed E-state index contributed by atoms with van der Waals surface area (Å²) in [6.45, 7) is 4.03. The van der Waals surface area contributed by atoms with Crippen LogP contribution in [0.5, 0.6) is 0 Å².